The molecule has 6 N–H and O–H groups in total. The molecule has 0 saturated carbocycles. The van der Waals surface area contributed by atoms with Crippen molar-refractivity contribution >= 4 is 17.3 Å². The normalized spacial score (nSPS) is 23.1. The highest BCUT2D eigenvalue weighted by Gasteiger charge is 2.43. The molecule has 216 valence electrons. The van der Waals surface area contributed by atoms with Crippen LogP contribution in [0, 0.1) is 0 Å². The van der Waals surface area contributed by atoms with Crippen LogP contribution >= 0.6 is 0 Å². The van der Waals surface area contributed by atoms with E-state index < -0.39 is 48.2 Å². The number of benzene rings is 1. The van der Waals surface area contributed by atoms with E-state index in [4.69, 9.17) is 28.8 Å². The summed E-state index contributed by atoms with van der Waals surface area (Å²) in [5.41, 5.74) is -0.481. The van der Waals surface area contributed by atoms with Crippen molar-refractivity contribution in [1.82, 2.24) is 5.32 Å². The first kappa shape index (κ1) is 30.6. The molecular weight excluding hydrogens is 520 g/mol. The summed E-state index contributed by atoms with van der Waals surface area (Å²) in [7, 11) is 0. The second kappa shape index (κ2) is 15.0. The molecular formula is C25H34N2O12. The lowest BCUT2D eigenvalue weighted by Gasteiger charge is -2.39. The number of anilines is 2. The van der Waals surface area contributed by atoms with Gasteiger partial charge in [-0.1, -0.05) is 6.07 Å². The molecule has 1 fully saturated rings. The largest absolute Gasteiger partial charge is 0.488 e. The Bertz CT molecular complexity index is 1130. The number of ether oxygens (including phenoxy) is 5. The van der Waals surface area contributed by atoms with E-state index in [1.54, 1.807) is 31.2 Å². The zero-order valence-corrected chi connectivity index (χ0v) is 21.4. The molecule has 14 heteroatoms. The summed E-state index contributed by atoms with van der Waals surface area (Å²) >= 11 is 0. The van der Waals surface area contributed by atoms with Crippen molar-refractivity contribution in [2.24, 2.45) is 0 Å². The van der Waals surface area contributed by atoms with Crippen molar-refractivity contribution in [3.63, 3.8) is 0 Å². The third kappa shape index (κ3) is 8.03. The average Bonchev–Trinajstić information content (AvgIpc) is 2.95. The van der Waals surface area contributed by atoms with Crippen molar-refractivity contribution in [3.05, 3.63) is 50.3 Å². The van der Waals surface area contributed by atoms with Gasteiger partial charge in [-0.2, -0.15) is 0 Å². The predicted molar refractivity (Wildman–Crippen MR) is 136 cm³/mol. The summed E-state index contributed by atoms with van der Waals surface area (Å²) in [6.45, 7) is 2.54. The number of amides is 1. The summed E-state index contributed by atoms with van der Waals surface area (Å²) in [5.74, 6) is -0.362. The number of hydrogen-bond donors (Lipinski definition) is 6. The summed E-state index contributed by atoms with van der Waals surface area (Å²) in [4.78, 5) is 35.8. The molecule has 0 radical (unpaired) electrons. The number of carbonyl (C=O) groups is 1. The minimum absolute atomic E-state index is 0.0141. The van der Waals surface area contributed by atoms with Gasteiger partial charge >= 0.3 is 0 Å². The Morgan fingerprint density at radius 2 is 1.69 bits per heavy atom. The first-order valence-corrected chi connectivity index (χ1v) is 12.5. The highest BCUT2D eigenvalue weighted by atomic mass is 16.7. The molecule has 1 heterocycles. The monoisotopic (exact) mass is 554 g/mol. The van der Waals surface area contributed by atoms with Crippen LogP contribution in [-0.2, 0) is 18.9 Å². The van der Waals surface area contributed by atoms with Crippen LogP contribution in [-0.4, -0.2) is 110 Å². The maximum Gasteiger partial charge on any atom is 0.272 e. The molecule has 1 unspecified atom stereocenters. The maximum absolute atomic E-state index is 12.4. The maximum atomic E-state index is 12.4. The predicted octanol–water partition coefficient (Wildman–Crippen LogP) is -2.00. The first-order valence-electron chi connectivity index (χ1n) is 12.5. The van der Waals surface area contributed by atoms with Gasteiger partial charge in [-0.25, -0.2) is 0 Å². The lowest BCUT2D eigenvalue weighted by Crippen LogP contribution is -2.59. The van der Waals surface area contributed by atoms with Crippen LogP contribution in [0.2, 0.25) is 0 Å². The molecule has 2 aromatic rings. The summed E-state index contributed by atoms with van der Waals surface area (Å²) in [5, 5.41) is 44.1. The molecule has 39 heavy (non-hydrogen) atoms. The summed E-state index contributed by atoms with van der Waals surface area (Å²) < 4.78 is 26.5. The second-order valence-corrected chi connectivity index (χ2v) is 8.55. The Balaban J connectivity index is 1.27. The van der Waals surface area contributed by atoms with Crippen LogP contribution in [0.1, 0.15) is 17.3 Å². The second-order valence-electron chi connectivity index (χ2n) is 8.55. The van der Waals surface area contributed by atoms with E-state index in [1.807, 2.05) is 0 Å². The molecule has 0 bridgehead atoms. The fourth-order valence-corrected chi connectivity index (χ4v) is 3.74. The Morgan fingerprint density at radius 3 is 2.41 bits per heavy atom. The van der Waals surface area contributed by atoms with Gasteiger partial charge in [0.25, 0.3) is 16.8 Å². The van der Waals surface area contributed by atoms with Crippen molar-refractivity contribution in [1.29, 1.82) is 0 Å². The summed E-state index contributed by atoms with van der Waals surface area (Å²) in [6, 6.07) is 6.44. The van der Waals surface area contributed by atoms with Gasteiger partial charge in [0.15, 0.2) is 12.0 Å². The van der Waals surface area contributed by atoms with Crippen LogP contribution in [0.4, 0.5) is 11.4 Å². The van der Waals surface area contributed by atoms with Crippen LogP contribution in [0.15, 0.2) is 33.9 Å². The Labute approximate surface area is 223 Å². The summed E-state index contributed by atoms with van der Waals surface area (Å²) in [6.07, 6.45) is -6.68. The minimum Gasteiger partial charge on any atom is -0.488 e. The minimum atomic E-state index is -1.51. The number of rotatable bonds is 16. The first-order chi connectivity index (χ1) is 18.8. The molecule has 0 aromatic heterocycles. The van der Waals surface area contributed by atoms with Crippen LogP contribution < -0.4 is 26.2 Å². The SMILES string of the molecule is CCOc1c(Nc2cccc(C(=O)NCCOCCOCCOC3O[C@H](CO)[C@@H](O)[C@H](O)[C@@H]3O)c2)c(=O)c1=O. The van der Waals surface area contributed by atoms with Crippen molar-refractivity contribution in [2.75, 3.05) is 58.1 Å². The zero-order chi connectivity index (χ0) is 28.4. The fourth-order valence-electron chi connectivity index (χ4n) is 3.74. The Kier molecular flexibility index (Phi) is 11.8. The van der Waals surface area contributed by atoms with Gasteiger partial charge < -0.3 is 54.7 Å². The van der Waals surface area contributed by atoms with E-state index in [-0.39, 0.29) is 63.5 Å². The van der Waals surface area contributed by atoms with E-state index in [2.05, 4.69) is 10.6 Å². The van der Waals surface area contributed by atoms with Crippen LogP contribution in [0.3, 0.4) is 0 Å². The number of aliphatic hydroxyl groups is 4. The van der Waals surface area contributed by atoms with Gasteiger partial charge in [0.05, 0.1) is 46.2 Å². The van der Waals surface area contributed by atoms with Gasteiger partial charge in [-0.15, -0.1) is 0 Å². The third-order valence-electron chi connectivity index (χ3n) is 5.81. The van der Waals surface area contributed by atoms with E-state index in [1.165, 1.54) is 0 Å². The van der Waals surface area contributed by atoms with Gasteiger partial charge in [-0.3, -0.25) is 14.4 Å². The molecule has 0 aliphatic carbocycles. The average molecular weight is 555 g/mol. The molecule has 1 aliphatic heterocycles. The number of aliphatic hydroxyl groups excluding tert-OH is 4. The van der Waals surface area contributed by atoms with E-state index in [0.29, 0.717) is 11.3 Å². The van der Waals surface area contributed by atoms with E-state index in [9.17, 15) is 29.7 Å². The number of hydrogen-bond acceptors (Lipinski definition) is 13. The van der Waals surface area contributed by atoms with Crippen LogP contribution in [0.5, 0.6) is 5.75 Å². The van der Waals surface area contributed by atoms with Gasteiger partial charge in [0.2, 0.25) is 0 Å². The molecule has 1 aliphatic rings. The molecule has 14 nitrogen and oxygen atoms in total. The highest BCUT2D eigenvalue weighted by Crippen LogP contribution is 2.23. The fraction of sp³-hybridized carbons (Fsp3) is 0.560. The smallest absolute Gasteiger partial charge is 0.272 e. The topological polar surface area (TPSA) is 202 Å². The molecule has 0 spiro atoms. The van der Waals surface area contributed by atoms with Crippen LogP contribution in [0.25, 0.3) is 0 Å². The van der Waals surface area contributed by atoms with Crippen molar-refractivity contribution in [3.8, 4) is 5.75 Å². The quantitative estimate of drug-likeness (QED) is 0.0984. The molecule has 1 amide bonds. The third-order valence-corrected chi connectivity index (χ3v) is 5.81. The van der Waals surface area contributed by atoms with Gasteiger partial charge in [0.1, 0.15) is 30.1 Å². The number of carbonyl (C=O) groups excluding carboxylic acids is 1. The number of nitrogens with one attached hydrogen (secondary N) is 2. The standard InChI is InChI=1S/C25H34N2O12/c1-2-37-23-17(19(30)21(23)32)27-15-5-3-4-14(12-15)24(34)26-6-7-35-8-9-36-10-11-38-25-22(33)20(31)18(29)16(13-28)39-25/h3-5,12,16,18,20,22,25,27-29,31,33H,2,6-11,13H2,1H3,(H,26,34)/t16-,18-,20+,22+,25?/m1/s1. The Morgan fingerprint density at radius 1 is 0.974 bits per heavy atom. The molecule has 2 aromatic carbocycles. The Hall–Kier alpha value is -2.95. The zero-order valence-electron chi connectivity index (χ0n) is 21.4. The van der Waals surface area contributed by atoms with Gasteiger partial charge in [-0.05, 0) is 25.1 Å². The molecule has 5 atom stereocenters. The van der Waals surface area contributed by atoms with Crippen molar-refractivity contribution < 1.29 is 48.9 Å². The van der Waals surface area contributed by atoms with E-state index in [0.717, 1.165) is 0 Å². The van der Waals surface area contributed by atoms with Gasteiger partial charge in [0, 0.05) is 17.8 Å². The molecule has 3 rings (SSSR count). The lowest BCUT2D eigenvalue weighted by molar-refractivity contribution is -0.302. The lowest BCUT2D eigenvalue weighted by atomic mass is 9.99. The van der Waals surface area contributed by atoms with Crippen molar-refractivity contribution in [2.45, 2.75) is 37.6 Å². The highest BCUT2D eigenvalue weighted by molar-refractivity contribution is 5.95. The molecule has 1 saturated heterocycles. The van der Waals surface area contributed by atoms with E-state index >= 15 is 0 Å².